The van der Waals surface area contributed by atoms with Gasteiger partial charge in [0.1, 0.15) is 11.8 Å². The number of methoxy groups -OCH3 is 2. The molecule has 0 radical (unpaired) electrons. The molecule has 0 aliphatic rings. The average Bonchev–Trinajstić information content (AvgIpc) is 2.69. The third-order valence-corrected chi connectivity index (χ3v) is 3.97. The van der Waals surface area contributed by atoms with Crippen molar-refractivity contribution in [2.45, 2.75) is 6.42 Å². The summed E-state index contributed by atoms with van der Waals surface area (Å²) in [5, 5.41) is 9.04. The van der Waals surface area contributed by atoms with Gasteiger partial charge in [0.15, 0.2) is 18.1 Å². The Balaban J connectivity index is 1.88. The summed E-state index contributed by atoms with van der Waals surface area (Å²) in [6.07, 6.45) is 0.678. The lowest BCUT2D eigenvalue weighted by molar-refractivity contribution is -0.132. The summed E-state index contributed by atoms with van der Waals surface area (Å²) in [4.78, 5) is 13.8. The monoisotopic (exact) mass is 354 g/mol. The molecule has 0 saturated heterocycles. The number of amides is 1. The van der Waals surface area contributed by atoms with E-state index in [9.17, 15) is 4.79 Å². The van der Waals surface area contributed by atoms with Crippen LogP contribution in [0.15, 0.2) is 42.5 Å². The summed E-state index contributed by atoms with van der Waals surface area (Å²) >= 11 is 0. The van der Waals surface area contributed by atoms with Gasteiger partial charge in [0, 0.05) is 13.6 Å². The number of carbonyl (C=O) groups excluding carboxylic acids is 1. The third-order valence-electron chi connectivity index (χ3n) is 3.97. The fourth-order valence-corrected chi connectivity index (χ4v) is 2.39. The number of carbonyl (C=O) groups is 1. The Morgan fingerprint density at radius 3 is 2.50 bits per heavy atom. The predicted molar refractivity (Wildman–Crippen MR) is 97.5 cm³/mol. The molecular formula is C20H22N2O4. The summed E-state index contributed by atoms with van der Waals surface area (Å²) < 4.78 is 16.0. The molecule has 0 spiro atoms. The Labute approximate surface area is 153 Å². The lowest BCUT2D eigenvalue weighted by Crippen LogP contribution is -2.33. The number of para-hydroxylation sites is 1. The number of nitrogens with zero attached hydrogens (tertiary/aromatic N) is 2. The van der Waals surface area contributed by atoms with Gasteiger partial charge in [-0.25, -0.2) is 0 Å². The van der Waals surface area contributed by atoms with Gasteiger partial charge in [-0.05, 0) is 36.2 Å². The Hall–Kier alpha value is -3.20. The van der Waals surface area contributed by atoms with E-state index in [0.29, 0.717) is 35.8 Å². The standard InChI is InChI=1S/C20H22N2O4/c1-22(11-10-15-8-9-18(24-2)19(12-15)25-3)20(23)14-26-17-7-5-4-6-16(17)13-21/h4-9,12H,10-11,14H2,1-3H3. The van der Waals surface area contributed by atoms with Crippen LogP contribution in [-0.2, 0) is 11.2 Å². The summed E-state index contributed by atoms with van der Waals surface area (Å²) in [6, 6.07) is 14.6. The van der Waals surface area contributed by atoms with Crippen molar-refractivity contribution in [3.8, 4) is 23.3 Å². The molecule has 0 fully saturated rings. The maximum absolute atomic E-state index is 12.2. The highest BCUT2D eigenvalue weighted by atomic mass is 16.5. The van der Waals surface area contributed by atoms with Crippen LogP contribution in [0.2, 0.25) is 0 Å². The number of benzene rings is 2. The van der Waals surface area contributed by atoms with Crippen LogP contribution in [0, 0.1) is 11.3 Å². The number of ether oxygens (including phenoxy) is 3. The molecule has 0 unspecified atom stereocenters. The Bertz CT molecular complexity index is 799. The van der Waals surface area contributed by atoms with E-state index in [1.54, 1.807) is 50.4 Å². The number of rotatable bonds is 8. The fourth-order valence-electron chi connectivity index (χ4n) is 2.39. The molecule has 0 saturated carbocycles. The molecule has 2 aromatic carbocycles. The molecule has 0 aliphatic heterocycles. The van der Waals surface area contributed by atoms with Crippen LogP contribution in [-0.4, -0.2) is 45.2 Å². The largest absolute Gasteiger partial charge is 0.493 e. The molecule has 26 heavy (non-hydrogen) atoms. The SMILES string of the molecule is COc1ccc(CCN(C)C(=O)COc2ccccc2C#N)cc1OC. The molecular weight excluding hydrogens is 332 g/mol. The molecule has 6 nitrogen and oxygen atoms in total. The lowest BCUT2D eigenvalue weighted by Gasteiger charge is -2.18. The molecule has 0 atom stereocenters. The van der Waals surface area contributed by atoms with Crippen molar-refractivity contribution in [1.82, 2.24) is 4.90 Å². The first-order valence-corrected chi connectivity index (χ1v) is 8.15. The number of likely N-dealkylation sites (N-methyl/N-ethyl adjacent to an activating group) is 1. The van der Waals surface area contributed by atoms with Gasteiger partial charge in [0.25, 0.3) is 5.91 Å². The van der Waals surface area contributed by atoms with Gasteiger partial charge < -0.3 is 19.1 Å². The van der Waals surface area contributed by atoms with E-state index in [0.717, 1.165) is 5.56 Å². The van der Waals surface area contributed by atoms with Crippen molar-refractivity contribution in [2.75, 3.05) is 34.4 Å². The zero-order valence-electron chi connectivity index (χ0n) is 15.2. The summed E-state index contributed by atoms with van der Waals surface area (Å²) in [5.74, 6) is 1.59. The highest BCUT2D eigenvalue weighted by Gasteiger charge is 2.12. The smallest absolute Gasteiger partial charge is 0.260 e. The van der Waals surface area contributed by atoms with E-state index >= 15 is 0 Å². The van der Waals surface area contributed by atoms with Gasteiger partial charge in [0.05, 0.1) is 19.8 Å². The Kier molecular flexibility index (Phi) is 6.86. The summed E-state index contributed by atoms with van der Waals surface area (Å²) in [6.45, 7) is 0.429. The number of nitriles is 1. The predicted octanol–water partition coefficient (Wildman–Crippen LogP) is 2.66. The van der Waals surface area contributed by atoms with E-state index in [1.807, 2.05) is 24.3 Å². The zero-order valence-corrected chi connectivity index (χ0v) is 15.2. The molecule has 0 N–H and O–H groups in total. The maximum atomic E-state index is 12.2. The average molecular weight is 354 g/mol. The topological polar surface area (TPSA) is 71.8 Å². The minimum atomic E-state index is -0.154. The van der Waals surface area contributed by atoms with Gasteiger partial charge >= 0.3 is 0 Å². The van der Waals surface area contributed by atoms with Crippen molar-refractivity contribution in [3.63, 3.8) is 0 Å². The maximum Gasteiger partial charge on any atom is 0.260 e. The van der Waals surface area contributed by atoms with Crippen molar-refractivity contribution in [2.24, 2.45) is 0 Å². The van der Waals surface area contributed by atoms with Gasteiger partial charge in [0.2, 0.25) is 0 Å². The number of hydrogen-bond acceptors (Lipinski definition) is 5. The van der Waals surface area contributed by atoms with Gasteiger partial charge in [-0.2, -0.15) is 5.26 Å². The first kappa shape index (κ1) is 19.1. The van der Waals surface area contributed by atoms with E-state index in [4.69, 9.17) is 19.5 Å². The highest BCUT2D eigenvalue weighted by molar-refractivity contribution is 5.77. The molecule has 1 amide bonds. The minimum absolute atomic E-state index is 0.110. The van der Waals surface area contributed by atoms with Crippen LogP contribution in [0.1, 0.15) is 11.1 Å². The van der Waals surface area contributed by atoms with Gasteiger partial charge in [-0.3, -0.25) is 4.79 Å². The second-order valence-corrected chi connectivity index (χ2v) is 5.65. The van der Waals surface area contributed by atoms with Crippen molar-refractivity contribution in [3.05, 3.63) is 53.6 Å². The Morgan fingerprint density at radius 1 is 1.08 bits per heavy atom. The van der Waals surface area contributed by atoms with Crippen LogP contribution in [0.3, 0.4) is 0 Å². The van der Waals surface area contributed by atoms with Crippen molar-refractivity contribution >= 4 is 5.91 Å². The van der Waals surface area contributed by atoms with E-state index in [-0.39, 0.29) is 12.5 Å². The van der Waals surface area contributed by atoms with E-state index in [1.165, 1.54) is 0 Å². The second-order valence-electron chi connectivity index (χ2n) is 5.65. The number of hydrogen-bond donors (Lipinski definition) is 0. The van der Waals surface area contributed by atoms with Crippen LogP contribution in [0.4, 0.5) is 0 Å². The van der Waals surface area contributed by atoms with Crippen LogP contribution in [0.25, 0.3) is 0 Å². The van der Waals surface area contributed by atoms with E-state index < -0.39 is 0 Å². The van der Waals surface area contributed by atoms with Gasteiger partial charge in [-0.15, -0.1) is 0 Å². The lowest BCUT2D eigenvalue weighted by atomic mass is 10.1. The summed E-state index contributed by atoms with van der Waals surface area (Å²) in [5.41, 5.74) is 1.45. The summed E-state index contributed by atoms with van der Waals surface area (Å²) in [7, 11) is 4.91. The molecule has 136 valence electrons. The third kappa shape index (κ3) is 4.90. The molecule has 6 heteroatoms. The van der Waals surface area contributed by atoms with E-state index in [2.05, 4.69) is 0 Å². The first-order chi connectivity index (χ1) is 12.6. The quantitative estimate of drug-likeness (QED) is 0.729. The first-order valence-electron chi connectivity index (χ1n) is 8.15. The van der Waals surface area contributed by atoms with Crippen LogP contribution < -0.4 is 14.2 Å². The normalized spacial score (nSPS) is 9.92. The second kappa shape index (κ2) is 9.33. The molecule has 0 aliphatic carbocycles. The highest BCUT2D eigenvalue weighted by Crippen LogP contribution is 2.27. The molecule has 0 bridgehead atoms. The molecule has 0 aromatic heterocycles. The zero-order chi connectivity index (χ0) is 18.9. The fraction of sp³-hybridized carbons (Fsp3) is 0.300. The molecule has 2 aromatic rings. The Morgan fingerprint density at radius 2 is 1.81 bits per heavy atom. The van der Waals surface area contributed by atoms with Crippen LogP contribution in [0.5, 0.6) is 17.2 Å². The molecule has 0 heterocycles. The van der Waals surface area contributed by atoms with Gasteiger partial charge in [-0.1, -0.05) is 18.2 Å². The van der Waals surface area contributed by atoms with Crippen LogP contribution >= 0.6 is 0 Å². The van der Waals surface area contributed by atoms with Crippen molar-refractivity contribution in [1.29, 1.82) is 5.26 Å². The van der Waals surface area contributed by atoms with Crippen molar-refractivity contribution < 1.29 is 19.0 Å². The minimum Gasteiger partial charge on any atom is -0.493 e. The molecule has 2 rings (SSSR count).